The Kier molecular flexibility index (Phi) is 2.04. The molecule has 0 aliphatic heterocycles. The molecule has 0 aliphatic carbocycles. The fraction of sp³-hybridized carbons (Fsp3) is 0.300. The van der Waals surface area contributed by atoms with Crippen LogP contribution in [-0.2, 0) is 0 Å². The number of aromatic nitrogens is 3. The summed E-state index contributed by atoms with van der Waals surface area (Å²) in [5.74, 6) is 1.04. The summed E-state index contributed by atoms with van der Waals surface area (Å²) in [5.41, 5.74) is 1.21. The second-order valence-corrected chi connectivity index (χ2v) is 3.47. The van der Waals surface area contributed by atoms with Crippen molar-refractivity contribution >= 4 is 11.9 Å². The van der Waals surface area contributed by atoms with Crippen LogP contribution >= 0.6 is 0 Å². The summed E-state index contributed by atoms with van der Waals surface area (Å²) in [7, 11) is 0. The van der Waals surface area contributed by atoms with Crippen molar-refractivity contribution in [2.24, 2.45) is 0 Å². The number of hydrogen-bond acceptors (Lipinski definition) is 3. The van der Waals surface area contributed by atoms with Crippen LogP contribution in [0.15, 0.2) is 18.3 Å². The third-order valence-corrected chi connectivity index (χ3v) is 2.05. The van der Waals surface area contributed by atoms with Gasteiger partial charge in [0.05, 0.1) is 5.56 Å². The number of fused-ring (bicyclic) bond motifs is 1. The van der Waals surface area contributed by atoms with Gasteiger partial charge < -0.3 is 0 Å². The van der Waals surface area contributed by atoms with Crippen molar-refractivity contribution in [1.82, 2.24) is 14.6 Å². The lowest BCUT2D eigenvalue weighted by Crippen LogP contribution is -1.91. The van der Waals surface area contributed by atoms with E-state index >= 15 is 0 Å². The first-order valence-electron chi connectivity index (χ1n) is 4.53. The van der Waals surface area contributed by atoms with Gasteiger partial charge in [0.15, 0.2) is 17.8 Å². The van der Waals surface area contributed by atoms with Crippen LogP contribution in [0.25, 0.3) is 5.65 Å². The van der Waals surface area contributed by atoms with Gasteiger partial charge in [-0.05, 0) is 12.1 Å². The van der Waals surface area contributed by atoms with Crippen LogP contribution in [0.5, 0.6) is 0 Å². The molecule has 2 aromatic rings. The number of nitrogens with zero attached hydrogens (tertiary/aromatic N) is 3. The number of rotatable bonds is 2. The maximum Gasteiger partial charge on any atom is 0.166 e. The van der Waals surface area contributed by atoms with Crippen molar-refractivity contribution in [2.45, 2.75) is 19.8 Å². The van der Waals surface area contributed by atoms with E-state index in [1.54, 1.807) is 22.8 Å². The van der Waals surface area contributed by atoms with Gasteiger partial charge in [-0.1, -0.05) is 13.8 Å². The minimum absolute atomic E-state index is 0.273. The second kappa shape index (κ2) is 3.21. The summed E-state index contributed by atoms with van der Waals surface area (Å²) in [6.07, 6.45) is 2.59. The molecule has 0 unspecified atom stereocenters. The lowest BCUT2D eigenvalue weighted by molar-refractivity contribution is 0.112. The summed E-state index contributed by atoms with van der Waals surface area (Å²) in [4.78, 5) is 15.0. The van der Waals surface area contributed by atoms with Crippen LogP contribution in [0, 0.1) is 0 Å². The number of carbonyl (C=O) groups excluding carboxylic acids is 1. The van der Waals surface area contributed by atoms with Crippen molar-refractivity contribution in [3.05, 3.63) is 29.7 Å². The summed E-state index contributed by atoms with van der Waals surface area (Å²) < 4.78 is 1.64. The molecule has 2 rings (SSSR count). The molecular formula is C10H11N3O. The van der Waals surface area contributed by atoms with Gasteiger partial charge in [-0.3, -0.25) is 4.79 Å². The van der Waals surface area contributed by atoms with E-state index in [9.17, 15) is 4.79 Å². The smallest absolute Gasteiger partial charge is 0.166 e. The van der Waals surface area contributed by atoms with E-state index in [0.717, 1.165) is 12.1 Å². The standard InChI is InChI=1S/C10H11N3O/c1-7(2)9-11-10-8(6-14)4-3-5-13(10)12-9/h3-7H,1-2H3. The quantitative estimate of drug-likeness (QED) is 0.675. The van der Waals surface area contributed by atoms with E-state index in [1.807, 2.05) is 13.8 Å². The number of hydrogen-bond donors (Lipinski definition) is 0. The number of carbonyl (C=O) groups is 1. The van der Waals surface area contributed by atoms with Gasteiger partial charge in [-0.15, -0.1) is 0 Å². The zero-order valence-corrected chi connectivity index (χ0v) is 8.14. The Morgan fingerprint density at radius 2 is 2.29 bits per heavy atom. The molecule has 0 saturated carbocycles. The van der Waals surface area contributed by atoms with Crippen molar-refractivity contribution < 1.29 is 4.79 Å². The monoisotopic (exact) mass is 189 g/mol. The molecule has 2 heterocycles. The molecule has 0 bridgehead atoms. The van der Waals surface area contributed by atoms with Gasteiger partial charge in [0, 0.05) is 12.1 Å². The van der Waals surface area contributed by atoms with Crippen molar-refractivity contribution in [2.75, 3.05) is 0 Å². The van der Waals surface area contributed by atoms with Crippen LogP contribution in [0.2, 0.25) is 0 Å². The molecule has 0 fully saturated rings. The van der Waals surface area contributed by atoms with Gasteiger partial charge in [-0.25, -0.2) is 9.50 Å². The minimum atomic E-state index is 0.273. The van der Waals surface area contributed by atoms with Crippen LogP contribution in [0.3, 0.4) is 0 Å². The Morgan fingerprint density at radius 1 is 1.50 bits per heavy atom. The van der Waals surface area contributed by atoms with Crippen LogP contribution < -0.4 is 0 Å². The maximum absolute atomic E-state index is 10.7. The molecule has 0 amide bonds. The van der Waals surface area contributed by atoms with Gasteiger partial charge in [-0.2, -0.15) is 5.10 Å². The van der Waals surface area contributed by atoms with Gasteiger partial charge in [0.25, 0.3) is 0 Å². The second-order valence-electron chi connectivity index (χ2n) is 3.47. The number of pyridine rings is 1. The highest BCUT2D eigenvalue weighted by atomic mass is 16.1. The predicted molar refractivity (Wildman–Crippen MR) is 52.5 cm³/mol. The fourth-order valence-electron chi connectivity index (χ4n) is 1.28. The molecule has 0 saturated heterocycles. The molecule has 0 radical (unpaired) electrons. The molecule has 0 N–H and O–H groups in total. The van der Waals surface area contributed by atoms with E-state index in [1.165, 1.54) is 0 Å². The van der Waals surface area contributed by atoms with Crippen molar-refractivity contribution in [3.8, 4) is 0 Å². The van der Waals surface area contributed by atoms with E-state index in [4.69, 9.17) is 0 Å². The van der Waals surface area contributed by atoms with Crippen molar-refractivity contribution in [3.63, 3.8) is 0 Å². The lowest BCUT2D eigenvalue weighted by atomic mass is 10.2. The molecule has 72 valence electrons. The SMILES string of the molecule is CC(C)c1nc2c(C=O)cccn2n1. The fourth-order valence-corrected chi connectivity index (χ4v) is 1.28. The Bertz CT molecular complexity index is 473. The van der Waals surface area contributed by atoms with Gasteiger partial charge >= 0.3 is 0 Å². The molecule has 2 aromatic heterocycles. The average molecular weight is 189 g/mol. The largest absolute Gasteiger partial charge is 0.298 e. The van der Waals surface area contributed by atoms with Gasteiger partial charge in [0.1, 0.15) is 0 Å². The Balaban J connectivity index is 2.70. The third-order valence-electron chi connectivity index (χ3n) is 2.05. The first-order chi connectivity index (χ1) is 6.72. The maximum atomic E-state index is 10.7. The Hall–Kier alpha value is -1.71. The normalized spacial score (nSPS) is 11.1. The highest BCUT2D eigenvalue weighted by Crippen LogP contribution is 2.12. The van der Waals surface area contributed by atoms with Gasteiger partial charge in [0.2, 0.25) is 0 Å². The van der Waals surface area contributed by atoms with Crippen LogP contribution in [-0.4, -0.2) is 20.9 Å². The zero-order valence-electron chi connectivity index (χ0n) is 8.14. The van der Waals surface area contributed by atoms with Crippen LogP contribution in [0.4, 0.5) is 0 Å². The number of aldehydes is 1. The Morgan fingerprint density at radius 3 is 2.93 bits per heavy atom. The molecule has 14 heavy (non-hydrogen) atoms. The molecular weight excluding hydrogens is 178 g/mol. The predicted octanol–water partition coefficient (Wildman–Crippen LogP) is 1.67. The van der Waals surface area contributed by atoms with Crippen molar-refractivity contribution in [1.29, 1.82) is 0 Å². The zero-order chi connectivity index (χ0) is 10.1. The first kappa shape index (κ1) is 8.87. The van der Waals surface area contributed by atoms with E-state index in [0.29, 0.717) is 11.2 Å². The van der Waals surface area contributed by atoms with Crippen LogP contribution in [0.1, 0.15) is 35.9 Å². The summed E-state index contributed by atoms with van der Waals surface area (Å²) in [6, 6.07) is 3.52. The molecule has 0 aliphatic rings. The molecule has 0 atom stereocenters. The molecule has 0 spiro atoms. The molecule has 4 heteroatoms. The minimum Gasteiger partial charge on any atom is -0.298 e. The topological polar surface area (TPSA) is 47.3 Å². The molecule has 4 nitrogen and oxygen atoms in total. The third kappa shape index (κ3) is 1.28. The molecule has 0 aromatic carbocycles. The summed E-state index contributed by atoms with van der Waals surface area (Å²) in [5, 5.41) is 4.27. The Labute approximate surface area is 81.6 Å². The highest BCUT2D eigenvalue weighted by molar-refractivity contribution is 5.83. The average Bonchev–Trinajstić information content (AvgIpc) is 2.60. The first-order valence-corrected chi connectivity index (χ1v) is 4.53. The van der Waals surface area contributed by atoms with E-state index in [-0.39, 0.29) is 5.92 Å². The lowest BCUT2D eigenvalue weighted by Gasteiger charge is -1.92. The van der Waals surface area contributed by atoms with E-state index < -0.39 is 0 Å². The summed E-state index contributed by atoms with van der Waals surface area (Å²) >= 11 is 0. The summed E-state index contributed by atoms with van der Waals surface area (Å²) in [6.45, 7) is 4.05. The highest BCUT2D eigenvalue weighted by Gasteiger charge is 2.09. The van der Waals surface area contributed by atoms with E-state index in [2.05, 4.69) is 10.1 Å².